The van der Waals surface area contributed by atoms with Crippen LogP contribution in [0.25, 0.3) is 0 Å². The van der Waals surface area contributed by atoms with Crippen LogP contribution in [0.5, 0.6) is 0 Å². The van der Waals surface area contributed by atoms with Gasteiger partial charge in [-0.05, 0) is 55.4 Å². The number of nitrogens with one attached hydrogen (secondary N) is 1. The summed E-state index contributed by atoms with van der Waals surface area (Å²) in [7, 11) is 1.93. The Bertz CT molecular complexity index is 591. The van der Waals surface area contributed by atoms with Crippen LogP contribution in [0, 0.1) is 5.82 Å². The molecule has 0 bridgehead atoms. The van der Waals surface area contributed by atoms with Crippen molar-refractivity contribution in [2.45, 2.75) is 17.4 Å². The van der Waals surface area contributed by atoms with Crippen LogP contribution in [-0.2, 0) is 6.42 Å². The first-order valence-electron chi connectivity index (χ1n) is 6.58. The molecule has 21 heavy (non-hydrogen) atoms. The van der Waals surface area contributed by atoms with E-state index in [4.69, 9.17) is 11.6 Å². The minimum absolute atomic E-state index is 0.170. The van der Waals surface area contributed by atoms with Crippen LogP contribution < -0.4 is 5.32 Å². The molecule has 1 atom stereocenters. The van der Waals surface area contributed by atoms with Crippen LogP contribution in [0.3, 0.4) is 0 Å². The maximum absolute atomic E-state index is 13.5. The monoisotopic (exact) mass is 387 g/mol. The van der Waals surface area contributed by atoms with Crippen molar-refractivity contribution in [3.05, 3.63) is 63.3 Å². The smallest absolute Gasteiger partial charge is 0.142 e. The lowest BCUT2D eigenvalue weighted by Gasteiger charge is -2.16. The molecule has 0 aliphatic rings. The zero-order valence-electron chi connectivity index (χ0n) is 11.6. The summed E-state index contributed by atoms with van der Waals surface area (Å²) in [6, 6.07) is 13.5. The molecule has 2 aromatic carbocycles. The Labute approximate surface area is 142 Å². The molecule has 2 rings (SSSR count). The van der Waals surface area contributed by atoms with E-state index in [0.717, 1.165) is 22.2 Å². The quantitative estimate of drug-likeness (QED) is 0.686. The highest BCUT2D eigenvalue weighted by molar-refractivity contribution is 9.10. The summed E-state index contributed by atoms with van der Waals surface area (Å²) >= 11 is 10.9. The van der Waals surface area contributed by atoms with Crippen LogP contribution in [-0.4, -0.2) is 18.8 Å². The molecule has 0 spiro atoms. The number of hydrogen-bond acceptors (Lipinski definition) is 2. The molecule has 0 aliphatic carbocycles. The minimum atomic E-state index is -0.357. The van der Waals surface area contributed by atoms with Crippen LogP contribution in [0.15, 0.2) is 51.8 Å². The van der Waals surface area contributed by atoms with Crippen LogP contribution >= 0.6 is 39.3 Å². The third-order valence-corrected chi connectivity index (χ3v) is 5.15. The lowest BCUT2D eigenvalue weighted by Crippen LogP contribution is -2.30. The van der Waals surface area contributed by atoms with E-state index < -0.39 is 0 Å². The molecule has 0 saturated heterocycles. The Morgan fingerprint density at radius 2 is 1.95 bits per heavy atom. The van der Waals surface area contributed by atoms with E-state index in [9.17, 15) is 4.39 Å². The van der Waals surface area contributed by atoms with E-state index in [2.05, 4.69) is 33.4 Å². The molecule has 0 aliphatic heterocycles. The van der Waals surface area contributed by atoms with E-state index in [1.165, 1.54) is 11.0 Å². The van der Waals surface area contributed by atoms with Crippen molar-refractivity contribution in [3.8, 4) is 0 Å². The molecule has 0 radical (unpaired) electrons. The maximum Gasteiger partial charge on any atom is 0.142 e. The molecular weight excluding hydrogens is 373 g/mol. The maximum atomic E-state index is 13.5. The highest BCUT2D eigenvalue weighted by Crippen LogP contribution is 2.23. The van der Waals surface area contributed by atoms with Gasteiger partial charge in [0.25, 0.3) is 0 Å². The summed E-state index contributed by atoms with van der Waals surface area (Å²) in [6.07, 6.45) is 0.772. The molecule has 0 fully saturated rings. The fraction of sp³-hybridized carbons (Fsp3) is 0.250. The lowest BCUT2D eigenvalue weighted by molar-refractivity contribution is 0.603. The normalized spacial score (nSPS) is 12.4. The molecule has 0 aromatic heterocycles. The molecule has 2 aromatic rings. The van der Waals surface area contributed by atoms with Gasteiger partial charge in [-0.15, -0.1) is 11.8 Å². The predicted molar refractivity (Wildman–Crippen MR) is 92.8 cm³/mol. The number of likely N-dealkylation sites (N-methyl/N-ethyl adjacent to an activating group) is 1. The van der Waals surface area contributed by atoms with Gasteiger partial charge in [-0.1, -0.05) is 33.6 Å². The molecule has 0 amide bonds. The van der Waals surface area contributed by atoms with Gasteiger partial charge in [-0.3, -0.25) is 0 Å². The topological polar surface area (TPSA) is 12.0 Å². The van der Waals surface area contributed by atoms with Crippen LogP contribution in [0.1, 0.15) is 5.56 Å². The van der Waals surface area contributed by atoms with Crippen molar-refractivity contribution >= 4 is 39.3 Å². The van der Waals surface area contributed by atoms with Gasteiger partial charge in [-0.2, -0.15) is 0 Å². The number of rotatable bonds is 6. The SMILES string of the molecule is CNC(CSc1ccc(Br)cc1)Cc1ccc(Cl)c(F)c1. The first-order valence-corrected chi connectivity index (χ1v) is 8.73. The Kier molecular flexibility index (Phi) is 6.55. The summed E-state index contributed by atoms with van der Waals surface area (Å²) in [6.45, 7) is 0. The van der Waals surface area contributed by atoms with Gasteiger partial charge >= 0.3 is 0 Å². The van der Waals surface area contributed by atoms with Crippen LogP contribution in [0.4, 0.5) is 4.39 Å². The standard InChI is InChI=1S/C16H16BrClFNS/c1-20-13(8-11-2-7-15(18)16(19)9-11)10-21-14-5-3-12(17)4-6-14/h2-7,9,13,20H,8,10H2,1H3. The predicted octanol–water partition coefficient (Wildman–Crippen LogP) is 5.16. The van der Waals surface area contributed by atoms with Gasteiger partial charge in [0.2, 0.25) is 0 Å². The molecular formula is C16H16BrClFNS. The van der Waals surface area contributed by atoms with Crippen molar-refractivity contribution in [2.24, 2.45) is 0 Å². The second-order valence-corrected chi connectivity index (χ2v) is 7.12. The van der Waals surface area contributed by atoms with Gasteiger partial charge in [0.05, 0.1) is 5.02 Å². The van der Waals surface area contributed by atoms with Crippen molar-refractivity contribution in [3.63, 3.8) is 0 Å². The number of halogens is 3. The summed E-state index contributed by atoms with van der Waals surface area (Å²) in [5.74, 6) is 0.562. The lowest BCUT2D eigenvalue weighted by atomic mass is 10.1. The van der Waals surface area contributed by atoms with Gasteiger partial charge in [0, 0.05) is 21.2 Å². The second-order valence-electron chi connectivity index (χ2n) is 4.70. The van der Waals surface area contributed by atoms with Crippen molar-refractivity contribution in [2.75, 3.05) is 12.8 Å². The highest BCUT2D eigenvalue weighted by atomic mass is 79.9. The van der Waals surface area contributed by atoms with Crippen molar-refractivity contribution in [1.82, 2.24) is 5.32 Å². The molecule has 0 heterocycles. The largest absolute Gasteiger partial charge is 0.316 e. The first kappa shape index (κ1) is 16.8. The molecule has 5 heteroatoms. The highest BCUT2D eigenvalue weighted by Gasteiger charge is 2.10. The fourth-order valence-corrected chi connectivity index (χ4v) is 3.31. The van der Waals surface area contributed by atoms with Gasteiger partial charge in [0.1, 0.15) is 5.82 Å². The van der Waals surface area contributed by atoms with E-state index >= 15 is 0 Å². The Morgan fingerprint density at radius 1 is 1.24 bits per heavy atom. The molecule has 1 nitrogen and oxygen atoms in total. The summed E-state index contributed by atoms with van der Waals surface area (Å²) in [5, 5.41) is 3.45. The molecule has 1 N–H and O–H groups in total. The average molecular weight is 389 g/mol. The van der Waals surface area contributed by atoms with E-state index in [1.807, 2.05) is 25.2 Å². The summed E-state index contributed by atoms with van der Waals surface area (Å²) < 4.78 is 14.5. The van der Waals surface area contributed by atoms with E-state index in [0.29, 0.717) is 0 Å². The number of benzene rings is 2. The van der Waals surface area contributed by atoms with Gasteiger partial charge in [0.15, 0.2) is 0 Å². The summed E-state index contributed by atoms with van der Waals surface area (Å²) in [4.78, 5) is 1.22. The number of hydrogen-bond donors (Lipinski definition) is 1. The minimum Gasteiger partial charge on any atom is -0.316 e. The summed E-state index contributed by atoms with van der Waals surface area (Å²) in [5.41, 5.74) is 0.952. The van der Waals surface area contributed by atoms with Crippen molar-refractivity contribution in [1.29, 1.82) is 0 Å². The Balaban J connectivity index is 1.93. The first-order chi connectivity index (χ1) is 10.1. The molecule has 1 unspecified atom stereocenters. The number of thioether (sulfide) groups is 1. The van der Waals surface area contributed by atoms with Gasteiger partial charge < -0.3 is 5.32 Å². The second kappa shape index (κ2) is 8.18. The van der Waals surface area contributed by atoms with Crippen molar-refractivity contribution < 1.29 is 4.39 Å². The third kappa shape index (κ3) is 5.29. The molecule has 0 saturated carbocycles. The van der Waals surface area contributed by atoms with E-state index in [-0.39, 0.29) is 16.9 Å². The molecule has 112 valence electrons. The Hall–Kier alpha value is -0.550. The van der Waals surface area contributed by atoms with Crippen LogP contribution in [0.2, 0.25) is 5.02 Å². The van der Waals surface area contributed by atoms with E-state index in [1.54, 1.807) is 17.8 Å². The average Bonchev–Trinajstić information content (AvgIpc) is 2.49. The Morgan fingerprint density at radius 3 is 2.57 bits per heavy atom. The zero-order valence-corrected chi connectivity index (χ0v) is 14.7. The fourth-order valence-electron chi connectivity index (χ4n) is 1.92. The third-order valence-electron chi connectivity index (χ3n) is 3.14. The zero-order chi connectivity index (χ0) is 15.2. The van der Waals surface area contributed by atoms with Gasteiger partial charge in [-0.25, -0.2) is 4.39 Å².